The van der Waals surface area contributed by atoms with Crippen molar-refractivity contribution in [3.05, 3.63) is 29.8 Å². The second kappa shape index (κ2) is 9.61. The summed E-state index contributed by atoms with van der Waals surface area (Å²) in [4.78, 5) is 37.3. The molecule has 0 bridgehead atoms. The Hall–Kier alpha value is -2.37. The Balaban J connectivity index is 2.65. The van der Waals surface area contributed by atoms with Crippen molar-refractivity contribution in [2.75, 3.05) is 25.5 Å². The fourth-order valence-electron chi connectivity index (χ4n) is 2.20. The van der Waals surface area contributed by atoms with Crippen LogP contribution in [-0.2, 0) is 14.3 Å². The van der Waals surface area contributed by atoms with Crippen molar-refractivity contribution in [3.63, 3.8) is 0 Å². The maximum Gasteiger partial charge on any atom is 0.337 e. The number of hydrogen-bond donors (Lipinski definition) is 1. The fraction of sp³-hybridized carbons (Fsp3) is 0.471. The van der Waals surface area contributed by atoms with Crippen LogP contribution >= 0.6 is 0 Å². The highest BCUT2D eigenvalue weighted by Gasteiger charge is 2.16. The normalized spacial score (nSPS) is 10.0. The Morgan fingerprint density at radius 2 is 1.78 bits per heavy atom. The molecule has 0 unspecified atom stereocenters. The minimum atomic E-state index is -0.478. The minimum Gasteiger partial charge on any atom is -0.465 e. The van der Waals surface area contributed by atoms with Gasteiger partial charge in [0.2, 0.25) is 11.8 Å². The molecular weight excluding hydrogens is 296 g/mol. The van der Waals surface area contributed by atoms with Crippen molar-refractivity contribution < 1.29 is 19.1 Å². The van der Waals surface area contributed by atoms with E-state index in [0.29, 0.717) is 24.3 Å². The molecule has 0 aliphatic carbocycles. The molecule has 126 valence electrons. The highest BCUT2D eigenvalue weighted by atomic mass is 16.5. The summed E-state index contributed by atoms with van der Waals surface area (Å²) in [6.07, 6.45) is 1.51. The molecule has 1 N–H and O–H groups in total. The smallest absolute Gasteiger partial charge is 0.337 e. The number of nitrogens with zero attached hydrogens (tertiary/aromatic N) is 1. The third-order valence-corrected chi connectivity index (χ3v) is 3.22. The van der Waals surface area contributed by atoms with E-state index in [1.165, 1.54) is 13.2 Å². The zero-order valence-electron chi connectivity index (χ0n) is 13.9. The highest BCUT2D eigenvalue weighted by Crippen LogP contribution is 2.12. The maximum absolute atomic E-state index is 12.1. The summed E-state index contributed by atoms with van der Waals surface area (Å²) in [6, 6.07) is 6.41. The number of methoxy groups -OCH3 is 1. The molecule has 6 nitrogen and oxygen atoms in total. The number of hydrogen-bond acceptors (Lipinski definition) is 4. The van der Waals surface area contributed by atoms with Crippen LogP contribution in [-0.4, -0.2) is 42.9 Å². The van der Waals surface area contributed by atoms with Gasteiger partial charge in [0.05, 0.1) is 12.7 Å². The first-order valence-electron chi connectivity index (χ1n) is 7.77. The Labute approximate surface area is 136 Å². The molecule has 1 rings (SSSR count). The van der Waals surface area contributed by atoms with Crippen molar-refractivity contribution in [1.82, 2.24) is 4.90 Å². The van der Waals surface area contributed by atoms with Crippen molar-refractivity contribution in [1.29, 1.82) is 0 Å². The van der Waals surface area contributed by atoms with Crippen LogP contribution in [0.4, 0.5) is 5.69 Å². The predicted octanol–water partition coefficient (Wildman–Crippen LogP) is 2.45. The molecule has 0 aliphatic heterocycles. The first-order valence-corrected chi connectivity index (χ1v) is 7.77. The van der Waals surface area contributed by atoms with Crippen LogP contribution in [0.15, 0.2) is 24.3 Å². The van der Waals surface area contributed by atoms with Gasteiger partial charge in [-0.3, -0.25) is 9.59 Å². The van der Waals surface area contributed by atoms with Gasteiger partial charge in [-0.1, -0.05) is 19.9 Å². The average Bonchev–Trinajstić information content (AvgIpc) is 2.53. The largest absolute Gasteiger partial charge is 0.465 e. The lowest BCUT2D eigenvalue weighted by atomic mass is 10.2. The molecule has 0 spiro atoms. The molecule has 2 amide bonds. The van der Waals surface area contributed by atoms with Gasteiger partial charge in [-0.25, -0.2) is 4.79 Å². The van der Waals surface area contributed by atoms with Crippen LogP contribution in [0.1, 0.15) is 43.5 Å². The zero-order chi connectivity index (χ0) is 17.2. The lowest BCUT2D eigenvalue weighted by Crippen LogP contribution is -2.35. The number of carbonyl (C=O) groups excluding carboxylic acids is 3. The molecule has 0 atom stereocenters. The Morgan fingerprint density at radius 1 is 1.13 bits per heavy atom. The first-order chi connectivity index (χ1) is 11.0. The molecule has 1 aromatic carbocycles. The number of esters is 1. The van der Waals surface area contributed by atoms with E-state index in [0.717, 1.165) is 12.8 Å². The van der Waals surface area contributed by atoms with Gasteiger partial charge in [0, 0.05) is 18.8 Å². The van der Waals surface area contributed by atoms with Gasteiger partial charge in [-0.2, -0.15) is 0 Å². The van der Waals surface area contributed by atoms with E-state index in [-0.39, 0.29) is 12.3 Å². The van der Waals surface area contributed by atoms with E-state index in [9.17, 15) is 14.4 Å². The van der Waals surface area contributed by atoms with Crippen molar-refractivity contribution in [2.45, 2.75) is 33.1 Å². The summed E-state index contributed by atoms with van der Waals surface area (Å²) in [6.45, 7) is 5.29. The standard InChI is InChI=1S/C17H24N2O4/c1-4-9-19(10-5-2)16(21)12-15(20)18-14-8-6-7-13(11-14)17(22)23-3/h6-8,11H,4-5,9-10,12H2,1-3H3,(H,18,20). The number of carbonyl (C=O) groups is 3. The van der Waals surface area contributed by atoms with E-state index in [2.05, 4.69) is 10.1 Å². The van der Waals surface area contributed by atoms with E-state index in [1.807, 2.05) is 13.8 Å². The SMILES string of the molecule is CCCN(CCC)C(=O)CC(=O)Nc1cccc(C(=O)OC)c1. The number of anilines is 1. The second-order valence-corrected chi connectivity index (χ2v) is 5.18. The molecule has 0 fully saturated rings. The lowest BCUT2D eigenvalue weighted by molar-refractivity contribution is -0.134. The zero-order valence-corrected chi connectivity index (χ0v) is 13.9. The number of nitrogens with one attached hydrogen (secondary N) is 1. The van der Waals surface area contributed by atoms with E-state index in [4.69, 9.17) is 0 Å². The molecule has 23 heavy (non-hydrogen) atoms. The molecule has 6 heteroatoms. The van der Waals surface area contributed by atoms with Gasteiger partial charge < -0.3 is 15.0 Å². The Bertz CT molecular complexity index is 551. The predicted molar refractivity (Wildman–Crippen MR) is 88.2 cm³/mol. The Morgan fingerprint density at radius 3 is 2.35 bits per heavy atom. The topological polar surface area (TPSA) is 75.7 Å². The van der Waals surface area contributed by atoms with Gasteiger partial charge in [0.25, 0.3) is 0 Å². The molecule has 0 saturated carbocycles. The minimum absolute atomic E-state index is 0.185. The van der Waals surface area contributed by atoms with Gasteiger partial charge in [0.15, 0.2) is 0 Å². The summed E-state index contributed by atoms with van der Waals surface area (Å²) < 4.78 is 4.63. The maximum atomic E-state index is 12.1. The average molecular weight is 320 g/mol. The first kappa shape index (κ1) is 18.7. The highest BCUT2D eigenvalue weighted by molar-refractivity contribution is 6.04. The van der Waals surface area contributed by atoms with Crippen LogP contribution in [0.2, 0.25) is 0 Å². The summed E-state index contributed by atoms with van der Waals surface area (Å²) in [5.74, 6) is -1.06. The van der Waals surface area contributed by atoms with Gasteiger partial charge in [-0.15, -0.1) is 0 Å². The monoisotopic (exact) mass is 320 g/mol. The quantitative estimate of drug-likeness (QED) is 0.589. The van der Waals surface area contributed by atoms with E-state index >= 15 is 0 Å². The summed E-state index contributed by atoms with van der Waals surface area (Å²) >= 11 is 0. The van der Waals surface area contributed by atoms with Crippen LogP contribution < -0.4 is 5.32 Å². The molecule has 0 aliphatic rings. The third-order valence-electron chi connectivity index (χ3n) is 3.22. The Kier molecular flexibility index (Phi) is 7.80. The molecule has 1 aromatic rings. The van der Waals surface area contributed by atoms with E-state index < -0.39 is 11.9 Å². The summed E-state index contributed by atoms with van der Waals surface area (Å²) in [5, 5.41) is 2.64. The van der Waals surface area contributed by atoms with Crippen molar-refractivity contribution >= 4 is 23.5 Å². The molecule has 0 aromatic heterocycles. The number of ether oxygens (including phenoxy) is 1. The number of rotatable bonds is 8. The second-order valence-electron chi connectivity index (χ2n) is 5.18. The van der Waals surface area contributed by atoms with Gasteiger partial charge >= 0.3 is 5.97 Å². The molecular formula is C17H24N2O4. The van der Waals surface area contributed by atoms with Crippen molar-refractivity contribution in [3.8, 4) is 0 Å². The third kappa shape index (κ3) is 6.10. The van der Waals surface area contributed by atoms with Gasteiger partial charge in [-0.05, 0) is 31.0 Å². The number of benzene rings is 1. The number of amides is 2. The summed E-state index contributed by atoms with van der Waals surface area (Å²) in [7, 11) is 1.29. The lowest BCUT2D eigenvalue weighted by Gasteiger charge is -2.21. The van der Waals surface area contributed by atoms with Crippen LogP contribution in [0.5, 0.6) is 0 Å². The van der Waals surface area contributed by atoms with Crippen molar-refractivity contribution in [2.24, 2.45) is 0 Å². The summed E-state index contributed by atoms with van der Waals surface area (Å²) in [5.41, 5.74) is 0.804. The molecule has 0 radical (unpaired) electrons. The molecule has 0 heterocycles. The van der Waals surface area contributed by atoms with Crippen LogP contribution in [0, 0.1) is 0 Å². The molecule has 0 saturated heterocycles. The van der Waals surface area contributed by atoms with E-state index in [1.54, 1.807) is 23.1 Å². The van der Waals surface area contributed by atoms with Gasteiger partial charge in [0.1, 0.15) is 6.42 Å². The fourth-order valence-corrected chi connectivity index (χ4v) is 2.20. The van der Waals surface area contributed by atoms with Crippen LogP contribution in [0.3, 0.4) is 0 Å². The van der Waals surface area contributed by atoms with Crippen LogP contribution in [0.25, 0.3) is 0 Å².